The van der Waals surface area contributed by atoms with E-state index in [2.05, 4.69) is 22.4 Å². The summed E-state index contributed by atoms with van der Waals surface area (Å²) in [6.45, 7) is 1.79. The van der Waals surface area contributed by atoms with E-state index in [0.717, 1.165) is 31.4 Å². The van der Waals surface area contributed by atoms with E-state index < -0.39 is 0 Å². The lowest BCUT2D eigenvalue weighted by Gasteiger charge is -2.33. The molecule has 2 aromatic rings. The lowest BCUT2D eigenvalue weighted by atomic mass is 9.93. The van der Waals surface area contributed by atoms with Crippen molar-refractivity contribution in [1.82, 2.24) is 15.2 Å². The number of benzene rings is 1. The van der Waals surface area contributed by atoms with Gasteiger partial charge in [0.05, 0.1) is 18.2 Å². The number of hydrogen-bond acceptors (Lipinski definition) is 3. The molecular weight excluding hydrogens is 338 g/mol. The number of hydrogen-bond donors (Lipinski definition) is 1. The molecule has 27 heavy (non-hydrogen) atoms. The summed E-state index contributed by atoms with van der Waals surface area (Å²) in [7, 11) is 0. The molecule has 1 aromatic carbocycles. The van der Waals surface area contributed by atoms with Crippen molar-refractivity contribution >= 4 is 11.8 Å². The molecule has 2 amide bonds. The van der Waals surface area contributed by atoms with E-state index in [9.17, 15) is 9.59 Å². The maximum Gasteiger partial charge on any atom is 0.230 e. The Morgan fingerprint density at radius 1 is 1.04 bits per heavy atom. The SMILES string of the molecule is O=C(NCc1ccccn1)C1CCN(C(=O)[C@@H]2CCc3ccccc32)CC1. The third-order valence-electron chi connectivity index (χ3n) is 5.78. The van der Waals surface area contributed by atoms with Crippen molar-refractivity contribution in [2.24, 2.45) is 5.92 Å². The number of nitrogens with one attached hydrogen (secondary N) is 1. The van der Waals surface area contributed by atoms with Crippen LogP contribution in [0.1, 0.15) is 42.0 Å². The molecule has 0 saturated carbocycles. The fraction of sp³-hybridized carbons (Fsp3) is 0.409. The number of nitrogens with zero attached hydrogens (tertiary/aromatic N) is 2. The molecule has 1 atom stereocenters. The standard InChI is InChI=1S/C22H25N3O2/c26-21(24-15-18-6-3-4-12-23-18)17-10-13-25(14-11-17)22(27)20-9-8-16-5-1-2-7-19(16)20/h1-7,12,17,20H,8-11,13-15H2,(H,24,26)/t20-/m1/s1. The van der Waals surface area contributed by atoms with Gasteiger partial charge in [-0.25, -0.2) is 0 Å². The second kappa shape index (κ2) is 7.91. The van der Waals surface area contributed by atoms with E-state index in [-0.39, 0.29) is 23.7 Å². The van der Waals surface area contributed by atoms with Crippen molar-refractivity contribution in [2.45, 2.75) is 38.1 Å². The largest absolute Gasteiger partial charge is 0.350 e. The first kappa shape index (κ1) is 17.7. The van der Waals surface area contributed by atoms with Gasteiger partial charge in [0.1, 0.15) is 0 Å². The van der Waals surface area contributed by atoms with Crippen molar-refractivity contribution in [3.8, 4) is 0 Å². The van der Waals surface area contributed by atoms with Crippen molar-refractivity contribution in [2.75, 3.05) is 13.1 Å². The van der Waals surface area contributed by atoms with Gasteiger partial charge in [-0.3, -0.25) is 14.6 Å². The highest BCUT2D eigenvalue weighted by atomic mass is 16.2. The maximum atomic E-state index is 13.0. The molecule has 2 heterocycles. The molecule has 5 nitrogen and oxygen atoms in total. The first-order valence-electron chi connectivity index (χ1n) is 9.76. The number of pyridine rings is 1. The Morgan fingerprint density at radius 3 is 2.59 bits per heavy atom. The van der Waals surface area contributed by atoms with Crippen LogP contribution >= 0.6 is 0 Å². The van der Waals surface area contributed by atoms with Crippen LogP contribution in [0.3, 0.4) is 0 Å². The molecule has 1 fully saturated rings. The van der Waals surface area contributed by atoms with E-state index in [4.69, 9.17) is 0 Å². The Labute approximate surface area is 159 Å². The number of likely N-dealkylation sites (tertiary alicyclic amines) is 1. The number of aromatic nitrogens is 1. The third kappa shape index (κ3) is 3.87. The lowest BCUT2D eigenvalue weighted by molar-refractivity contribution is -0.136. The molecule has 0 radical (unpaired) electrons. The molecule has 1 N–H and O–H groups in total. The van der Waals surface area contributed by atoms with Crippen LogP contribution in [-0.2, 0) is 22.6 Å². The van der Waals surface area contributed by atoms with Gasteiger partial charge >= 0.3 is 0 Å². The predicted octanol–water partition coefficient (Wildman–Crippen LogP) is 2.67. The Balaban J connectivity index is 1.29. The van der Waals surface area contributed by atoms with Crippen LogP contribution in [0, 0.1) is 5.92 Å². The third-order valence-corrected chi connectivity index (χ3v) is 5.78. The molecule has 1 saturated heterocycles. The van der Waals surface area contributed by atoms with Gasteiger partial charge in [-0.15, -0.1) is 0 Å². The summed E-state index contributed by atoms with van der Waals surface area (Å²) in [4.78, 5) is 31.6. The highest BCUT2D eigenvalue weighted by Crippen LogP contribution is 2.35. The summed E-state index contributed by atoms with van der Waals surface area (Å²) < 4.78 is 0. The van der Waals surface area contributed by atoms with Crippen LogP contribution in [0.25, 0.3) is 0 Å². The summed E-state index contributed by atoms with van der Waals surface area (Å²) in [6.07, 6.45) is 5.08. The molecule has 140 valence electrons. The molecule has 4 rings (SSSR count). The zero-order valence-corrected chi connectivity index (χ0v) is 15.4. The van der Waals surface area contributed by atoms with Crippen LogP contribution in [-0.4, -0.2) is 34.8 Å². The smallest absolute Gasteiger partial charge is 0.230 e. The van der Waals surface area contributed by atoms with E-state index >= 15 is 0 Å². The molecule has 0 unspecified atom stereocenters. The fourth-order valence-corrected chi connectivity index (χ4v) is 4.22. The average molecular weight is 363 g/mol. The zero-order chi connectivity index (χ0) is 18.6. The quantitative estimate of drug-likeness (QED) is 0.908. The van der Waals surface area contributed by atoms with Gasteiger partial charge in [-0.05, 0) is 48.9 Å². The Hall–Kier alpha value is -2.69. The Kier molecular flexibility index (Phi) is 5.19. The topological polar surface area (TPSA) is 62.3 Å². The lowest BCUT2D eigenvalue weighted by Crippen LogP contribution is -2.44. The summed E-state index contributed by atoms with van der Waals surface area (Å²) in [5, 5.41) is 2.98. The summed E-state index contributed by atoms with van der Waals surface area (Å²) in [6, 6.07) is 14.0. The van der Waals surface area contributed by atoms with E-state index in [1.807, 2.05) is 35.2 Å². The number of carbonyl (C=O) groups excluding carboxylic acids is 2. The normalized spacial score (nSPS) is 19.6. The van der Waals surface area contributed by atoms with Gasteiger partial charge in [0.25, 0.3) is 0 Å². The molecule has 0 bridgehead atoms. The first-order valence-corrected chi connectivity index (χ1v) is 9.76. The number of carbonyl (C=O) groups is 2. The minimum absolute atomic E-state index is 0.00395. The van der Waals surface area contributed by atoms with Crippen molar-refractivity contribution in [3.63, 3.8) is 0 Å². The highest BCUT2D eigenvalue weighted by molar-refractivity contribution is 5.85. The predicted molar refractivity (Wildman–Crippen MR) is 103 cm³/mol. The first-order chi connectivity index (χ1) is 13.2. The molecule has 5 heteroatoms. The van der Waals surface area contributed by atoms with Crippen LogP contribution < -0.4 is 5.32 Å². The van der Waals surface area contributed by atoms with Crippen LogP contribution in [0.2, 0.25) is 0 Å². The van der Waals surface area contributed by atoms with Gasteiger partial charge in [-0.2, -0.15) is 0 Å². The van der Waals surface area contributed by atoms with Gasteiger partial charge in [-0.1, -0.05) is 30.3 Å². The molecule has 1 aliphatic heterocycles. The van der Waals surface area contributed by atoms with E-state index in [1.54, 1.807) is 6.20 Å². The second-order valence-corrected chi connectivity index (χ2v) is 7.43. The number of rotatable bonds is 4. The Bertz CT molecular complexity index is 813. The summed E-state index contributed by atoms with van der Waals surface area (Å²) in [5.41, 5.74) is 3.36. The zero-order valence-electron chi connectivity index (χ0n) is 15.4. The molecule has 1 aromatic heterocycles. The maximum absolute atomic E-state index is 13.0. The average Bonchev–Trinajstić information content (AvgIpc) is 3.16. The van der Waals surface area contributed by atoms with Crippen molar-refractivity contribution in [1.29, 1.82) is 0 Å². The van der Waals surface area contributed by atoms with E-state index in [1.165, 1.54) is 11.1 Å². The van der Waals surface area contributed by atoms with Crippen LogP contribution in [0.5, 0.6) is 0 Å². The molecular formula is C22H25N3O2. The monoisotopic (exact) mass is 363 g/mol. The minimum atomic E-state index is -0.0198. The number of piperidine rings is 1. The van der Waals surface area contributed by atoms with Gasteiger partial charge in [0.15, 0.2) is 0 Å². The minimum Gasteiger partial charge on any atom is -0.350 e. The molecule has 2 aliphatic rings. The summed E-state index contributed by atoms with van der Waals surface area (Å²) >= 11 is 0. The van der Waals surface area contributed by atoms with Crippen LogP contribution in [0.4, 0.5) is 0 Å². The van der Waals surface area contributed by atoms with Crippen molar-refractivity contribution in [3.05, 3.63) is 65.5 Å². The molecule has 0 spiro atoms. The molecule has 1 aliphatic carbocycles. The van der Waals surface area contributed by atoms with Crippen molar-refractivity contribution < 1.29 is 9.59 Å². The van der Waals surface area contributed by atoms with Crippen LogP contribution in [0.15, 0.2) is 48.7 Å². The van der Waals surface area contributed by atoms with E-state index in [0.29, 0.717) is 19.6 Å². The number of aryl methyl sites for hydroxylation is 1. The second-order valence-electron chi connectivity index (χ2n) is 7.43. The Morgan fingerprint density at radius 2 is 1.81 bits per heavy atom. The van der Waals surface area contributed by atoms with Gasteiger partial charge in [0.2, 0.25) is 11.8 Å². The number of fused-ring (bicyclic) bond motifs is 1. The summed E-state index contributed by atoms with van der Waals surface area (Å²) in [5.74, 6) is 0.274. The van der Waals surface area contributed by atoms with Gasteiger partial charge < -0.3 is 10.2 Å². The number of amides is 2. The van der Waals surface area contributed by atoms with Gasteiger partial charge in [0, 0.05) is 25.2 Å². The highest BCUT2D eigenvalue weighted by Gasteiger charge is 2.34. The fourth-order valence-electron chi connectivity index (χ4n) is 4.22.